The summed E-state index contributed by atoms with van der Waals surface area (Å²) in [7, 11) is 0. The molecule has 0 saturated carbocycles. The fourth-order valence-electron chi connectivity index (χ4n) is 2.95. The third-order valence-corrected chi connectivity index (χ3v) is 4.00. The van der Waals surface area contributed by atoms with Crippen LogP contribution in [0.4, 0.5) is 0 Å². The van der Waals surface area contributed by atoms with Crippen LogP contribution in [0.2, 0.25) is 0 Å². The number of hydrogen-bond donors (Lipinski definition) is 2. The summed E-state index contributed by atoms with van der Waals surface area (Å²) in [5.74, 6) is 0.0288. The summed E-state index contributed by atoms with van der Waals surface area (Å²) in [6, 6.07) is 0. The zero-order valence-electron chi connectivity index (χ0n) is 13.9. The summed E-state index contributed by atoms with van der Waals surface area (Å²) in [6.07, 6.45) is 0. The summed E-state index contributed by atoms with van der Waals surface area (Å²) >= 11 is 0. The molecule has 2 aliphatic rings. The second-order valence-corrected chi connectivity index (χ2v) is 7.64. The molecule has 0 bridgehead atoms. The largest absolute Gasteiger partial charge is 0.375 e. The van der Waals surface area contributed by atoms with Gasteiger partial charge in [-0.05, 0) is 26.2 Å². The molecule has 122 valence electrons. The Hall–Kier alpha value is -0.850. The minimum Gasteiger partial charge on any atom is -0.375 e. The van der Waals surface area contributed by atoms with Crippen molar-refractivity contribution in [2.75, 3.05) is 33.0 Å². The Kier molecular flexibility index (Phi) is 4.52. The second kappa shape index (κ2) is 5.74. The van der Waals surface area contributed by atoms with Gasteiger partial charge in [-0.2, -0.15) is 0 Å². The van der Waals surface area contributed by atoms with Crippen molar-refractivity contribution in [1.29, 1.82) is 0 Å². The van der Waals surface area contributed by atoms with E-state index in [-0.39, 0.29) is 16.9 Å². The molecule has 1 spiro atoms. The van der Waals surface area contributed by atoms with Crippen LogP contribution in [-0.4, -0.2) is 50.3 Å². The van der Waals surface area contributed by atoms with E-state index in [1.54, 1.807) is 0 Å². The molecule has 3 N–H and O–H groups in total. The molecular weight excluding hydrogens is 270 g/mol. The standard InChI is InChI=1S/C15H29N3O3/c1-13(2,3)18-12(16)17-9-14(4,5)11-8-19-10-15(11)20-6-7-21-15/h11H,6-10H2,1-5H3,(H3,16,17,18). The van der Waals surface area contributed by atoms with E-state index in [2.05, 4.69) is 44.9 Å². The zero-order valence-corrected chi connectivity index (χ0v) is 13.9. The van der Waals surface area contributed by atoms with E-state index in [0.717, 1.165) is 0 Å². The molecule has 6 nitrogen and oxygen atoms in total. The summed E-state index contributed by atoms with van der Waals surface area (Å²) in [6.45, 7) is 13.5. The quantitative estimate of drug-likeness (QED) is 0.603. The number of nitrogens with one attached hydrogen (secondary N) is 1. The molecule has 0 aromatic heterocycles. The van der Waals surface area contributed by atoms with Crippen LogP contribution in [0.3, 0.4) is 0 Å². The minimum absolute atomic E-state index is 0.0902. The molecule has 0 radical (unpaired) electrons. The van der Waals surface area contributed by atoms with Gasteiger partial charge in [0, 0.05) is 18.0 Å². The average Bonchev–Trinajstić information content (AvgIpc) is 2.96. The molecule has 1 atom stereocenters. The van der Waals surface area contributed by atoms with Crippen molar-refractivity contribution in [2.45, 2.75) is 45.9 Å². The molecule has 21 heavy (non-hydrogen) atoms. The highest BCUT2D eigenvalue weighted by molar-refractivity contribution is 5.78. The molecule has 0 amide bonds. The van der Waals surface area contributed by atoms with Crippen molar-refractivity contribution in [3.8, 4) is 0 Å². The van der Waals surface area contributed by atoms with Gasteiger partial charge in [-0.25, -0.2) is 0 Å². The molecule has 0 aromatic carbocycles. The summed E-state index contributed by atoms with van der Waals surface area (Å²) < 4.78 is 17.3. The number of aliphatic imine (C=N–C) groups is 1. The summed E-state index contributed by atoms with van der Waals surface area (Å²) in [4.78, 5) is 4.50. The Balaban J connectivity index is 2.02. The monoisotopic (exact) mass is 299 g/mol. The molecule has 2 fully saturated rings. The van der Waals surface area contributed by atoms with E-state index < -0.39 is 5.79 Å². The van der Waals surface area contributed by atoms with Crippen LogP contribution in [0.1, 0.15) is 34.6 Å². The lowest BCUT2D eigenvalue weighted by atomic mass is 9.75. The average molecular weight is 299 g/mol. The fraction of sp³-hybridized carbons (Fsp3) is 0.933. The van der Waals surface area contributed by atoms with Gasteiger partial charge in [0.25, 0.3) is 0 Å². The number of guanidine groups is 1. The van der Waals surface area contributed by atoms with Crippen molar-refractivity contribution in [1.82, 2.24) is 5.32 Å². The lowest BCUT2D eigenvalue weighted by Gasteiger charge is -2.38. The molecule has 2 aliphatic heterocycles. The van der Waals surface area contributed by atoms with E-state index in [4.69, 9.17) is 19.9 Å². The minimum atomic E-state index is -0.592. The van der Waals surface area contributed by atoms with E-state index >= 15 is 0 Å². The first-order valence-corrected chi connectivity index (χ1v) is 7.58. The molecular formula is C15H29N3O3. The van der Waals surface area contributed by atoms with Crippen molar-refractivity contribution in [3.63, 3.8) is 0 Å². The first-order valence-electron chi connectivity index (χ1n) is 7.58. The van der Waals surface area contributed by atoms with Crippen LogP contribution < -0.4 is 11.1 Å². The molecule has 2 rings (SSSR count). The van der Waals surface area contributed by atoms with Gasteiger partial charge in [0.15, 0.2) is 11.7 Å². The molecule has 6 heteroatoms. The van der Waals surface area contributed by atoms with Crippen LogP contribution >= 0.6 is 0 Å². The lowest BCUT2D eigenvalue weighted by molar-refractivity contribution is -0.196. The topological polar surface area (TPSA) is 78.1 Å². The number of hydrogen-bond acceptors (Lipinski definition) is 4. The maximum absolute atomic E-state index is 5.96. The second-order valence-electron chi connectivity index (χ2n) is 7.64. The Bertz CT molecular complexity index is 390. The third-order valence-electron chi connectivity index (χ3n) is 4.00. The van der Waals surface area contributed by atoms with Gasteiger partial charge in [0.1, 0.15) is 6.61 Å². The van der Waals surface area contributed by atoms with Crippen molar-refractivity contribution >= 4 is 5.96 Å². The predicted octanol–water partition coefficient (Wildman–Crippen LogP) is 1.10. The normalized spacial score (nSPS) is 26.5. The molecule has 2 saturated heterocycles. The number of nitrogens with zero attached hydrogens (tertiary/aromatic N) is 1. The van der Waals surface area contributed by atoms with Gasteiger partial charge >= 0.3 is 0 Å². The predicted molar refractivity (Wildman–Crippen MR) is 82.1 cm³/mol. The Labute approximate surface area is 127 Å². The van der Waals surface area contributed by atoms with E-state index in [1.165, 1.54) is 0 Å². The van der Waals surface area contributed by atoms with Gasteiger partial charge < -0.3 is 25.3 Å². The SMILES string of the molecule is CC(C)(C)NC(N)=NCC(C)(C)C1COCC12OCCO2. The first-order chi connectivity index (χ1) is 9.65. The number of ether oxygens (including phenoxy) is 3. The summed E-state index contributed by atoms with van der Waals surface area (Å²) in [5, 5.41) is 3.18. The van der Waals surface area contributed by atoms with Crippen LogP contribution in [0, 0.1) is 11.3 Å². The van der Waals surface area contributed by atoms with Crippen LogP contribution in [0.15, 0.2) is 4.99 Å². The molecule has 0 aliphatic carbocycles. The Morgan fingerprint density at radius 1 is 1.24 bits per heavy atom. The Morgan fingerprint density at radius 3 is 2.43 bits per heavy atom. The molecule has 0 aromatic rings. The number of rotatable bonds is 3. The fourth-order valence-corrected chi connectivity index (χ4v) is 2.95. The van der Waals surface area contributed by atoms with E-state index in [9.17, 15) is 0 Å². The van der Waals surface area contributed by atoms with Gasteiger partial charge in [-0.15, -0.1) is 0 Å². The van der Waals surface area contributed by atoms with Gasteiger partial charge in [-0.1, -0.05) is 13.8 Å². The van der Waals surface area contributed by atoms with Crippen LogP contribution in [-0.2, 0) is 14.2 Å². The van der Waals surface area contributed by atoms with Crippen LogP contribution in [0.25, 0.3) is 0 Å². The molecule has 2 heterocycles. The van der Waals surface area contributed by atoms with E-state index in [0.29, 0.717) is 38.9 Å². The highest BCUT2D eigenvalue weighted by Gasteiger charge is 2.55. The maximum atomic E-state index is 5.96. The first kappa shape index (κ1) is 16.5. The smallest absolute Gasteiger partial charge is 0.197 e. The molecule has 1 unspecified atom stereocenters. The van der Waals surface area contributed by atoms with Crippen molar-refractivity contribution < 1.29 is 14.2 Å². The lowest BCUT2D eigenvalue weighted by Crippen LogP contribution is -2.48. The van der Waals surface area contributed by atoms with Gasteiger partial charge in [-0.3, -0.25) is 4.99 Å². The van der Waals surface area contributed by atoms with E-state index in [1.807, 2.05) is 0 Å². The summed E-state index contributed by atoms with van der Waals surface area (Å²) in [5.41, 5.74) is 5.75. The van der Waals surface area contributed by atoms with Gasteiger partial charge in [0.05, 0.1) is 19.8 Å². The van der Waals surface area contributed by atoms with Gasteiger partial charge in [0.2, 0.25) is 0 Å². The zero-order chi connectivity index (χ0) is 15.7. The number of nitrogens with two attached hydrogens (primary N) is 1. The van der Waals surface area contributed by atoms with Crippen LogP contribution in [0.5, 0.6) is 0 Å². The maximum Gasteiger partial charge on any atom is 0.197 e. The highest BCUT2D eigenvalue weighted by atomic mass is 16.8. The van der Waals surface area contributed by atoms with Crippen molar-refractivity contribution in [2.24, 2.45) is 22.1 Å². The highest BCUT2D eigenvalue weighted by Crippen LogP contribution is 2.44. The van der Waals surface area contributed by atoms with Crippen molar-refractivity contribution in [3.05, 3.63) is 0 Å². The third kappa shape index (κ3) is 3.87. The Morgan fingerprint density at radius 2 is 1.86 bits per heavy atom.